The monoisotopic (exact) mass is 273 g/mol. The molecular formula is C16H16FNO2. The number of carbonyl (C=O) groups excluding carboxylic acids is 1. The average Bonchev–Trinajstić information content (AvgIpc) is 2.44. The van der Waals surface area contributed by atoms with Crippen molar-refractivity contribution in [2.24, 2.45) is 0 Å². The minimum atomic E-state index is -0.665. The van der Waals surface area contributed by atoms with Gasteiger partial charge in [0, 0.05) is 5.69 Å². The number of para-hydroxylation sites is 1. The third-order valence-electron chi connectivity index (χ3n) is 2.86. The first-order chi connectivity index (χ1) is 9.56. The highest BCUT2D eigenvalue weighted by Gasteiger charge is 2.15. The number of aryl methyl sites for hydroxylation is 1. The van der Waals surface area contributed by atoms with E-state index in [-0.39, 0.29) is 11.7 Å². The van der Waals surface area contributed by atoms with E-state index in [0.29, 0.717) is 17.0 Å². The van der Waals surface area contributed by atoms with Gasteiger partial charge in [0.25, 0.3) is 5.91 Å². The fraction of sp³-hybridized carbons (Fsp3) is 0.188. The Bertz CT molecular complexity index is 599. The van der Waals surface area contributed by atoms with Crippen LogP contribution in [0.2, 0.25) is 0 Å². The normalized spacial score (nSPS) is 11.8. The summed E-state index contributed by atoms with van der Waals surface area (Å²) < 4.78 is 18.9. The fourth-order valence-corrected chi connectivity index (χ4v) is 1.67. The summed E-state index contributed by atoms with van der Waals surface area (Å²) in [5, 5.41) is 2.63. The third kappa shape index (κ3) is 3.57. The van der Waals surface area contributed by atoms with Gasteiger partial charge >= 0.3 is 0 Å². The summed E-state index contributed by atoms with van der Waals surface area (Å²) in [6.07, 6.45) is -0.665. The molecule has 1 N–H and O–H groups in total. The second-order valence-electron chi connectivity index (χ2n) is 4.53. The van der Waals surface area contributed by atoms with Gasteiger partial charge in [-0.25, -0.2) is 4.39 Å². The molecule has 0 saturated heterocycles. The van der Waals surface area contributed by atoms with Crippen LogP contribution < -0.4 is 10.1 Å². The average molecular weight is 273 g/mol. The van der Waals surface area contributed by atoms with Crippen LogP contribution in [0.5, 0.6) is 5.75 Å². The number of carbonyl (C=O) groups is 1. The highest BCUT2D eigenvalue weighted by molar-refractivity contribution is 5.94. The smallest absolute Gasteiger partial charge is 0.265 e. The Morgan fingerprint density at radius 1 is 1.20 bits per heavy atom. The number of amides is 1. The van der Waals surface area contributed by atoms with E-state index in [1.54, 1.807) is 38.1 Å². The van der Waals surface area contributed by atoms with Gasteiger partial charge in [0.1, 0.15) is 11.6 Å². The van der Waals surface area contributed by atoms with Crippen molar-refractivity contribution >= 4 is 11.6 Å². The topological polar surface area (TPSA) is 38.3 Å². The Hall–Kier alpha value is -2.36. The van der Waals surface area contributed by atoms with E-state index in [0.717, 1.165) is 0 Å². The fourth-order valence-electron chi connectivity index (χ4n) is 1.67. The van der Waals surface area contributed by atoms with Crippen LogP contribution in [-0.4, -0.2) is 12.0 Å². The Morgan fingerprint density at radius 2 is 1.90 bits per heavy atom. The highest BCUT2D eigenvalue weighted by Crippen LogP contribution is 2.15. The van der Waals surface area contributed by atoms with E-state index in [4.69, 9.17) is 4.74 Å². The van der Waals surface area contributed by atoms with E-state index >= 15 is 0 Å². The Labute approximate surface area is 117 Å². The third-order valence-corrected chi connectivity index (χ3v) is 2.86. The van der Waals surface area contributed by atoms with Crippen molar-refractivity contribution in [3.8, 4) is 5.75 Å². The molecule has 0 unspecified atom stereocenters. The molecule has 3 nitrogen and oxygen atoms in total. The van der Waals surface area contributed by atoms with Crippen LogP contribution in [0, 0.1) is 12.7 Å². The number of rotatable bonds is 4. The van der Waals surface area contributed by atoms with Crippen molar-refractivity contribution in [2.75, 3.05) is 5.32 Å². The van der Waals surface area contributed by atoms with Gasteiger partial charge < -0.3 is 10.1 Å². The zero-order valence-corrected chi connectivity index (χ0v) is 11.4. The molecule has 0 aliphatic heterocycles. The quantitative estimate of drug-likeness (QED) is 0.925. The summed E-state index contributed by atoms with van der Waals surface area (Å²) in [6.45, 7) is 3.31. The second kappa shape index (κ2) is 6.19. The number of benzene rings is 2. The van der Waals surface area contributed by atoms with E-state index in [9.17, 15) is 9.18 Å². The summed E-state index contributed by atoms with van der Waals surface area (Å²) in [5.41, 5.74) is 0.957. The van der Waals surface area contributed by atoms with Crippen LogP contribution >= 0.6 is 0 Å². The van der Waals surface area contributed by atoms with Crippen molar-refractivity contribution in [2.45, 2.75) is 20.0 Å². The number of hydrogen-bond acceptors (Lipinski definition) is 2. The molecule has 0 saturated carbocycles. The molecule has 0 aliphatic carbocycles. The lowest BCUT2D eigenvalue weighted by Gasteiger charge is -2.14. The van der Waals surface area contributed by atoms with Gasteiger partial charge in [0.05, 0.1) is 0 Å². The van der Waals surface area contributed by atoms with Gasteiger partial charge in [0.15, 0.2) is 6.10 Å². The maximum absolute atomic E-state index is 13.4. The zero-order chi connectivity index (χ0) is 14.5. The largest absolute Gasteiger partial charge is 0.481 e. The summed E-state index contributed by atoms with van der Waals surface area (Å²) in [5.74, 6) is -0.0539. The number of anilines is 1. The van der Waals surface area contributed by atoms with Crippen molar-refractivity contribution < 1.29 is 13.9 Å². The van der Waals surface area contributed by atoms with Gasteiger partial charge in [-0.1, -0.05) is 24.3 Å². The highest BCUT2D eigenvalue weighted by atomic mass is 19.1. The molecule has 0 aromatic heterocycles. The first-order valence-electron chi connectivity index (χ1n) is 6.35. The summed E-state index contributed by atoms with van der Waals surface area (Å²) in [4.78, 5) is 12.0. The first-order valence-corrected chi connectivity index (χ1v) is 6.35. The summed E-state index contributed by atoms with van der Waals surface area (Å²) in [6, 6.07) is 13.6. The van der Waals surface area contributed by atoms with Gasteiger partial charge in [-0.2, -0.15) is 0 Å². The van der Waals surface area contributed by atoms with E-state index in [1.807, 2.05) is 18.2 Å². The minimum Gasteiger partial charge on any atom is -0.481 e. The molecule has 0 bridgehead atoms. The number of nitrogens with one attached hydrogen (secondary N) is 1. The Balaban J connectivity index is 1.99. The lowest BCUT2D eigenvalue weighted by Crippen LogP contribution is -2.30. The van der Waals surface area contributed by atoms with Crippen LogP contribution in [0.25, 0.3) is 0 Å². The molecule has 2 rings (SSSR count). The number of hydrogen-bond donors (Lipinski definition) is 1. The predicted octanol–water partition coefficient (Wildman–Crippen LogP) is 3.54. The van der Waals surface area contributed by atoms with Crippen LogP contribution in [0.1, 0.15) is 12.5 Å². The predicted molar refractivity (Wildman–Crippen MR) is 76.3 cm³/mol. The van der Waals surface area contributed by atoms with Gasteiger partial charge in [-0.05, 0) is 43.7 Å². The molecule has 0 spiro atoms. The van der Waals surface area contributed by atoms with Gasteiger partial charge in [-0.15, -0.1) is 0 Å². The molecule has 1 atom stereocenters. The number of ether oxygens (including phenoxy) is 1. The lowest BCUT2D eigenvalue weighted by atomic mass is 10.2. The maximum Gasteiger partial charge on any atom is 0.265 e. The molecule has 0 aliphatic rings. The van der Waals surface area contributed by atoms with Crippen molar-refractivity contribution in [1.82, 2.24) is 0 Å². The van der Waals surface area contributed by atoms with Gasteiger partial charge in [0.2, 0.25) is 0 Å². The van der Waals surface area contributed by atoms with Crippen molar-refractivity contribution in [1.29, 1.82) is 0 Å². The summed E-state index contributed by atoms with van der Waals surface area (Å²) in [7, 11) is 0. The second-order valence-corrected chi connectivity index (χ2v) is 4.53. The molecule has 104 valence electrons. The van der Waals surface area contributed by atoms with Crippen LogP contribution in [0.4, 0.5) is 10.1 Å². The Kier molecular flexibility index (Phi) is 4.35. The lowest BCUT2D eigenvalue weighted by molar-refractivity contribution is -0.122. The van der Waals surface area contributed by atoms with E-state index in [1.165, 1.54) is 6.07 Å². The molecule has 2 aromatic rings. The minimum absolute atomic E-state index is 0.322. The van der Waals surface area contributed by atoms with Crippen LogP contribution in [0.3, 0.4) is 0 Å². The molecule has 4 heteroatoms. The van der Waals surface area contributed by atoms with E-state index < -0.39 is 6.10 Å². The molecule has 1 amide bonds. The van der Waals surface area contributed by atoms with Crippen molar-refractivity contribution in [3.63, 3.8) is 0 Å². The first kappa shape index (κ1) is 14.1. The zero-order valence-electron chi connectivity index (χ0n) is 11.4. The van der Waals surface area contributed by atoms with Crippen molar-refractivity contribution in [3.05, 3.63) is 59.9 Å². The summed E-state index contributed by atoms with van der Waals surface area (Å²) >= 11 is 0. The maximum atomic E-state index is 13.4. The molecule has 0 heterocycles. The Morgan fingerprint density at radius 3 is 2.55 bits per heavy atom. The van der Waals surface area contributed by atoms with Crippen LogP contribution in [-0.2, 0) is 4.79 Å². The molecule has 0 radical (unpaired) electrons. The van der Waals surface area contributed by atoms with Gasteiger partial charge in [-0.3, -0.25) is 4.79 Å². The molecule has 0 fully saturated rings. The van der Waals surface area contributed by atoms with E-state index in [2.05, 4.69) is 5.32 Å². The standard InChI is InChI=1S/C16H16FNO2/c1-11-8-9-13(10-15(11)17)18-16(19)12(2)20-14-6-4-3-5-7-14/h3-10,12H,1-2H3,(H,18,19)/t12-/m1/s1. The SMILES string of the molecule is Cc1ccc(NC(=O)[C@@H](C)Oc2ccccc2)cc1F. The number of halogens is 1. The molecule has 2 aromatic carbocycles. The molecule has 20 heavy (non-hydrogen) atoms. The molecular weight excluding hydrogens is 257 g/mol. The van der Waals surface area contributed by atoms with Crippen LogP contribution in [0.15, 0.2) is 48.5 Å².